The summed E-state index contributed by atoms with van der Waals surface area (Å²) >= 11 is 3.41. The maximum absolute atomic E-state index is 11.9. The number of aryl methyl sites for hydroxylation is 1. The van der Waals surface area contributed by atoms with Crippen LogP contribution in [0.25, 0.3) is 0 Å². The molecule has 0 radical (unpaired) electrons. The van der Waals surface area contributed by atoms with Crippen LogP contribution < -0.4 is 10.5 Å². The van der Waals surface area contributed by atoms with E-state index in [4.69, 9.17) is 0 Å². The molecule has 0 bridgehead atoms. The monoisotopic (exact) mass is 327 g/mol. The molecule has 0 saturated carbocycles. The van der Waals surface area contributed by atoms with Crippen molar-refractivity contribution in [2.45, 2.75) is 33.1 Å². The van der Waals surface area contributed by atoms with Gasteiger partial charge in [0.15, 0.2) is 0 Å². The van der Waals surface area contributed by atoms with Crippen molar-refractivity contribution in [3.05, 3.63) is 21.0 Å². The van der Waals surface area contributed by atoms with E-state index < -0.39 is 0 Å². The van der Waals surface area contributed by atoms with Gasteiger partial charge in [-0.05, 0) is 47.0 Å². The van der Waals surface area contributed by atoms with E-state index in [0.29, 0.717) is 4.47 Å². The second kappa shape index (κ2) is 6.07. The largest absolute Gasteiger partial charge is 0.369 e. The molecule has 1 aliphatic heterocycles. The molecule has 4 nitrogen and oxygen atoms in total. The van der Waals surface area contributed by atoms with E-state index in [-0.39, 0.29) is 5.56 Å². The van der Waals surface area contributed by atoms with Gasteiger partial charge in [0.05, 0.1) is 11.9 Å². The molecule has 0 aromatic carbocycles. The van der Waals surface area contributed by atoms with Gasteiger partial charge in [0.25, 0.3) is 5.56 Å². The van der Waals surface area contributed by atoms with Gasteiger partial charge in [-0.3, -0.25) is 4.79 Å². The van der Waals surface area contributed by atoms with Gasteiger partial charge in [-0.25, -0.2) is 4.68 Å². The van der Waals surface area contributed by atoms with Gasteiger partial charge in [0.1, 0.15) is 4.47 Å². The fourth-order valence-electron chi connectivity index (χ4n) is 2.80. The molecule has 2 rings (SSSR count). The van der Waals surface area contributed by atoms with Crippen molar-refractivity contribution in [1.82, 2.24) is 9.78 Å². The lowest BCUT2D eigenvalue weighted by molar-refractivity contribution is 0.338. The zero-order valence-electron chi connectivity index (χ0n) is 11.9. The predicted molar refractivity (Wildman–Crippen MR) is 81.6 cm³/mol. The number of piperidine rings is 1. The van der Waals surface area contributed by atoms with Gasteiger partial charge in [-0.15, -0.1) is 0 Å². The Morgan fingerprint density at radius 3 is 2.63 bits per heavy atom. The molecule has 1 fully saturated rings. The fourth-order valence-corrected chi connectivity index (χ4v) is 3.41. The highest BCUT2D eigenvalue weighted by molar-refractivity contribution is 9.10. The maximum Gasteiger partial charge on any atom is 0.282 e. The van der Waals surface area contributed by atoms with Crippen molar-refractivity contribution < 1.29 is 0 Å². The van der Waals surface area contributed by atoms with E-state index in [1.807, 2.05) is 0 Å². The van der Waals surface area contributed by atoms with Crippen LogP contribution in [0.4, 0.5) is 5.69 Å². The second-order valence-corrected chi connectivity index (χ2v) is 6.63. The first-order valence-corrected chi connectivity index (χ1v) is 7.75. The van der Waals surface area contributed by atoms with Crippen LogP contribution in [0, 0.1) is 11.8 Å². The maximum atomic E-state index is 11.9. The molecule has 0 aliphatic carbocycles. The van der Waals surface area contributed by atoms with E-state index in [1.54, 1.807) is 13.2 Å². The molecule has 106 valence electrons. The van der Waals surface area contributed by atoms with E-state index in [0.717, 1.165) is 30.6 Å². The SMILES string of the molecule is CC(C)CC1CCN(c2cnn(C)c(=O)c2Br)CC1. The zero-order chi connectivity index (χ0) is 14.0. The van der Waals surface area contributed by atoms with Crippen LogP contribution in [0.1, 0.15) is 33.1 Å². The Hall–Kier alpha value is -0.840. The summed E-state index contributed by atoms with van der Waals surface area (Å²) in [6.07, 6.45) is 5.51. The molecule has 1 aromatic rings. The molecule has 0 amide bonds. The van der Waals surface area contributed by atoms with Crippen molar-refractivity contribution >= 4 is 21.6 Å². The molecular weight excluding hydrogens is 306 g/mol. The number of halogens is 1. The topological polar surface area (TPSA) is 38.1 Å². The lowest BCUT2D eigenvalue weighted by Gasteiger charge is -2.34. The Bertz CT molecular complexity index is 490. The highest BCUT2D eigenvalue weighted by Gasteiger charge is 2.22. The van der Waals surface area contributed by atoms with Crippen LogP contribution in [0.5, 0.6) is 0 Å². The smallest absolute Gasteiger partial charge is 0.282 e. The normalized spacial score (nSPS) is 17.2. The fraction of sp³-hybridized carbons (Fsp3) is 0.714. The lowest BCUT2D eigenvalue weighted by Crippen LogP contribution is -2.36. The molecule has 2 heterocycles. The van der Waals surface area contributed by atoms with Gasteiger partial charge < -0.3 is 4.90 Å². The van der Waals surface area contributed by atoms with Crippen LogP contribution in [0.2, 0.25) is 0 Å². The first-order valence-electron chi connectivity index (χ1n) is 6.95. The first-order chi connectivity index (χ1) is 8.99. The summed E-state index contributed by atoms with van der Waals surface area (Å²) in [5.74, 6) is 1.60. The summed E-state index contributed by atoms with van der Waals surface area (Å²) in [6.45, 7) is 6.61. The standard InChI is InChI=1S/C14H22BrN3O/c1-10(2)8-11-4-6-18(7-5-11)12-9-16-17(3)14(19)13(12)15/h9-11H,4-8H2,1-3H3. The summed E-state index contributed by atoms with van der Waals surface area (Å²) in [5, 5.41) is 4.11. The summed E-state index contributed by atoms with van der Waals surface area (Å²) in [6, 6.07) is 0. The van der Waals surface area contributed by atoms with Gasteiger partial charge in [0.2, 0.25) is 0 Å². The van der Waals surface area contributed by atoms with Crippen molar-refractivity contribution in [3.8, 4) is 0 Å². The van der Waals surface area contributed by atoms with Crippen LogP contribution in [-0.2, 0) is 7.05 Å². The third-order valence-corrected chi connectivity index (χ3v) is 4.57. The van der Waals surface area contributed by atoms with Gasteiger partial charge in [-0.2, -0.15) is 5.10 Å². The molecule has 0 spiro atoms. The number of hydrogen-bond donors (Lipinski definition) is 0. The Balaban J connectivity index is 2.06. The Morgan fingerprint density at radius 1 is 1.42 bits per heavy atom. The van der Waals surface area contributed by atoms with E-state index in [2.05, 4.69) is 39.8 Å². The van der Waals surface area contributed by atoms with Gasteiger partial charge in [-0.1, -0.05) is 13.8 Å². The molecule has 0 atom stereocenters. The molecule has 5 heteroatoms. The molecule has 0 unspecified atom stereocenters. The summed E-state index contributed by atoms with van der Waals surface area (Å²) < 4.78 is 1.99. The predicted octanol–water partition coefficient (Wildman–Crippen LogP) is 2.81. The Kier molecular flexibility index (Phi) is 4.66. The second-order valence-electron chi connectivity index (χ2n) is 5.83. The minimum atomic E-state index is -0.0678. The van der Waals surface area contributed by atoms with Crippen molar-refractivity contribution in [1.29, 1.82) is 0 Å². The highest BCUT2D eigenvalue weighted by Crippen LogP contribution is 2.29. The first kappa shape index (κ1) is 14.6. The van der Waals surface area contributed by atoms with Crippen molar-refractivity contribution in [3.63, 3.8) is 0 Å². The molecule has 19 heavy (non-hydrogen) atoms. The van der Waals surface area contributed by atoms with Crippen molar-refractivity contribution in [2.24, 2.45) is 18.9 Å². The van der Waals surface area contributed by atoms with Crippen LogP contribution in [0.15, 0.2) is 15.5 Å². The molecular formula is C14H22BrN3O. The van der Waals surface area contributed by atoms with Gasteiger partial charge >= 0.3 is 0 Å². The average molecular weight is 328 g/mol. The minimum absolute atomic E-state index is 0.0678. The van der Waals surface area contributed by atoms with Crippen molar-refractivity contribution in [2.75, 3.05) is 18.0 Å². The van der Waals surface area contributed by atoms with Crippen LogP contribution in [-0.4, -0.2) is 22.9 Å². The van der Waals surface area contributed by atoms with Crippen LogP contribution >= 0.6 is 15.9 Å². The van der Waals surface area contributed by atoms with E-state index in [1.165, 1.54) is 23.9 Å². The number of rotatable bonds is 3. The molecule has 0 N–H and O–H groups in total. The number of hydrogen-bond acceptors (Lipinski definition) is 3. The lowest BCUT2D eigenvalue weighted by atomic mass is 9.88. The van der Waals surface area contributed by atoms with Gasteiger partial charge in [0, 0.05) is 20.1 Å². The molecule has 1 aliphatic rings. The third-order valence-electron chi connectivity index (χ3n) is 3.82. The number of aromatic nitrogens is 2. The Morgan fingerprint density at radius 2 is 2.05 bits per heavy atom. The summed E-state index contributed by atoms with van der Waals surface area (Å²) in [7, 11) is 1.67. The minimum Gasteiger partial charge on any atom is -0.369 e. The summed E-state index contributed by atoms with van der Waals surface area (Å²) in [5.41, 5.74) is 0.868. The third kappa shape index (κ3) is 3.38. The van der Waals surface area contributed by atoms with Crippen LogP contribution in [0.3, 0.4) is 0 Å². The van der Waals surface area contributed by atoms with E-state index >= 15 is 0 Å². The molecule has 1 saturated heterocycles. The highest BCUT2D eigenvalue weighted by atomic mass is 79.9. The number of nitrogens with zero attached hydrogens (tertiary/aromatic N) is 3. The Labute approximate surface area is 122 Å². The average Bonchev–Trinajstić information content (AvgIpc) is 2.37. The summed E-state index contributed by atoms with van der Waals surface area (Å²) in [4.78, 5) is 14.1. The zero-order valence-corrected chi connectivity index (χ0v) is 13.5. The number of anilines is 1. The van der Waals surface area contributed by atoms with E-state index in [9.17, 15) is 4.79 Å². The quantitative estimate of drug-likeness (QED) is 0.856. The molecule has 1 aromatic heterocycles.